The van der Waals surface area contributed by atoms with Crippen LogP contribution in [0.15, 0.2) is 22.7 Å². The maximum Gasteiger partial charge on any atom is 0.418 e. The molecule has 7 heteroatoms. The Morgan fingerprint density at radius 3 is 2.76 bits per heavy atom. The largest absolute Gasteiger partial charge is 0.418 e. The number of rotatable bonds is 2. The van der Waals surface area contributed by atoms with Crippen molar-refractivity contribution < 1.29 is 18.0 Å². The fourth-order valence-corrected chi connectivity index (χ4v) is 2.83. The standard InChI is InChI=1S/C14H16BrF3N2O/c1-8-6-9(4-5-19-8)13(21)20-12-3-2-10(15)7-11(12)14(16,17)18/h2-3,7-9,19H,4-6H2,1H3,(H,20,21). The zero-order valence-electron chi connectivity index (χ0n) is 11.4. The van der Waals surface area contributed by atoms with Crippen LogP contribution in [0, 0.1) is 5.92 Å². The van der Waals surface area contributed by atoms with Crippen LogP contribution in [-0.2, 0) is 11.0 Å². The third-order valence-corrected chi connectivity index (χ3v) is 4.03. The van der Waals surface area contributed by atoms with E-state index in [9.17, 15) is 18.0 Å². The Kier molecular flexibility index (Phi) is 4.93. The number of carbonyl (C=O) groups is 1. The van der Waals surface area contributed by atoms with Gasteiger partial charge in [-0.1, -0.05) is 15.9 Å². The highest BCUT2D eigenvalue weighted by molar-refractivity contribution is 9.10. The molecule has 116 valence electrons. The first-order valence-electron chi connectivity index (χ1n) is 6.68. The van der Waals surface area contributed by atoms with E-state index in [1.807, 2.05) is 6.92 Å². The van der Waals surface area contributed by atoms with Crippen LogP contribution in [0.1, 0.15) is 25.3 Å². The third kappa shape index (κ3) is 4.20. The minimum Gasteiger partial charge on any atom is -0.325 e. The number of nitrogens with one attached hydrogen (secondary N) is 2. The van der Waals surface area contributed by atoms with Gasteiger partial charge in [0.05, 0.1) is 11.3 Å². The van der Waals surface area contributed by atoms with Crippen LogP contribution in [0.3, 0.4) is 0 Å². The van der Waals surface area contributed by atoms with E-state index in [2.05, 4.69) is 26.6 Å². The van der Waals surface area contributed by atoms with Crippen LogP contribution < -0.4 is 10.6 Å². The van der Waals surface area contributed by atoms with Gasteiger partial charge >= 0.3 is 6.18 Å². The molecule has 0 aliphatic carbocycles. The molecule has 1 saturated heterocycles. The van der Waals surface area contributed by atoms with Gasteiger partial charge in [0.15, 0.2) is 0 Å². The molecule has 2 N–H and O–H groups in total. The second-order valence-corrected chi connectivity index (χ2v) is 6.17. The van der Waals surface area contributed by atoms with Gasteiger partial charge < -0.3 is 10.6 Å². The maximum absolute atomic E-state index is 13.0. The summed E-state index contributed by atoms with van der Waals surface area (Å²) in [5.41, 5.74) is -1.03. The van der Waals surface area contributed by atoms with Crippen LogP contribution in [0.2, 0.25) is 0 Å². The molecule has 2 unspecified atom stereocenters. The minimum absolute atomic E-state index is 0.193. The molecule has 21 heavy (non-hydrogen) atoms. The van der Waals surface area contributed by atoms with Crippen molar-refractivity contribution in [2.45, 2.75) is 32.0 Å². The highest BCUT2D eigenvalue weighted by Gasteiger charge is 2.35. The minimum atomic E-state index is -4.51. The Hall–Kier alpha value is -1.08. The topological polar surface area (TPSA) is 41.1 Å². The van der Waals surface area contributed by atoms with Crippen molar-refractivity contribution in [3.8, 4) is 0 Å². The Morgan fingerprint density at radius 1 is 1.43 bits per heavy atom. The number of hydrogen-bond donors (Lipinski definition) is 2. The van der Waals surface area contributed by atoms with Gasteiger partial charge in [0.2, 0.25) is 5.91 Å². The molecule has 3 nitrogen and oxygen atoms in total. The van der Waals surface area contributed by atoms with Gasteiger partial charge in [-0.3, -0.25) is 4.79 Å². The zero-order valence-corrected chi connectivity index (χ0v) is 13.0. The summed E-state index contributed by atoms with van der Waals surface area (Å²) in [4.78, 5) is 12.2. The molecule has 1 heterocycles. The van der Waals surface area contributed by atoms with Crippen LogP contribution in [0.4, 0.5) is 18.9 Å². The predicted octanol–water partition coefficient (Wildman–Crippen LogP) is 3.79. The Labute approximate surface area is 129 Å². The molecule has 2 rings (SSSR count). The second-order valence-electron chi connectivity index (χ2n) is 5.25. The molecule has 0 spiro atoms. The first-order valence-corrected chi connectivity index (χ1v) is 7.47. The highest BCUT2D eigenvalue weighted by Crippen LogP contribution is 2.37. The number of carbonyl (C=O) groups excluding carboxylic acids is 1. The van der Waals surface area contributed by atoms with Crippen LogP contribution in [-0.4, -0.2) is 18.5 Å². The number of halogens is 4. The number of anilines is 1. The lowest BCUT2D eigenvalue weighted by Gasteiger charge is -2.27. The van der Waals surface area contributed by atoms with Crippen molar-refractivity contribution in [1.82, 2.24) is 5.32 Å². The van der Waals surface area contributed by atoms with E-state index < -0.39 is 11.7 Å². The van der Waals surface area contributed by atoms with E-state index in [0.29, 0.717) is 23.9 Å². The number of amides is 1. The van der Waals surface area contributed by atoms with Crippen molar-refractivity contribution in [3.05, 3.63) is 28.2 Å². The van der Waals surface area contributed by atoms with E-state index in [-0.39, 0.29) is 23.6 Å². The highest BCUT2D eigenvalue weighted by atomic mass is 79.9. The van der Waals surface area contributed by atoms with Crippen LogP contribution in [0.5, 0.6) is 0 Å². The van der Waals surface area contributed by atoms with Gasteiger partial charge in [-0.15, -0.1) is 0 Å². The second kappa shape index (κ2) is 6.36. The molecule has 1 amide bonds. The number of alkyl halides is 3. The fraction of sp³-hybridized carbons (Fsp3) is 0.500. The van der Waals surface area contributed by atoms with Crippen molar-refractivity contribution >= 4 is 27.5 Å². The van der Waals surface area contributed by atoms with E-state index in [1.165, 1.54) is 12.1 Å². The van der Waals surface area contributed by atoms with Crippen molar-refractivity contribution in [2.24, 2.45) is 5.92 Å². The number of piperidine rings is 1. The average molecular weight is 365 g/mol. The molecule has 0 bridgehead atoms. The SMILES string of the molecule is CC1CC(C(=O)Nc2ccc(Br)cc2C(F)(F)F)CCN1. The van der Waals surface area contributed by atoms with Crippen molar-refractivity contribution in [3.63, 3.8) is 0 Å². The molecular weight excluding hydrogens is 349 g/mol. The molecular formula is C14H16BrF3N2O. The van der Waals surface area contributed by atoms with Crippen molar-refractivity contribution in [2.75, 3.05) is 11.9 Å². The predicted molar refractivity (Wildman–Crippen MR) is 78.0 cm³/mol. The summed E-state index contributed by atoms with van der Waals surface area (Å²) in [5, 5.41) is 5.63. The summed E-state index contributed by atoms with van der Waals surface area (Å²) < 4.78 is 39.3. The molecule has 0 aromatic heterocycles. The summed E-state index contributed by atoms with van der Waals surface area (Å²) in [6, 6.07) is 3.92. The quantitative estimate of drug-likeness (QED) is 0.837. The molecule has 1 aromatic carbocycles. The summed E-state index contributed by atoms with van der Waals surface area (Å²) in [7, 11) is 0. The molecule has 1 aliphatic heterocycles. The molecule has 1 aliphatic rings. The third-order valence-electron chi connectivity index (χ3n) is 3.54. The fourth-order valence-electron chi connectivity index (χ4n) is 2.46. The lowest BCUT2D eigenvalue weighted by Crippen LogP contribution is -2.40. The summed E-state index contributed by atoms with van der Waals surface area (Å²) in [6.45, 7) is 2.66. The Balaban J connectivity index is 2.17. The average Bonchev–Trinajstić information content (AvgIpc) is 2.39. The van der Waals surface area contributed by atoms with Crippen LogP contribution in [0.25, 0.3) is 0 Å². The zero-order chi connectivity index (χ0) is 15.6. The van der Waals surface area contributed by atoms with E-state index in [1.54, 1.807) is 0 Å². The molecule has 0 saturated carbocycles. The van der Waals surface area contributed by atoms with E-state index in [0.717, 1.165) is 6.07 Å². The van der Waals surface area contributed by atoms with Gasteiger partial charge in [-0.25, -0.2) is 0 Å². The normalized spacial score (nSPS) is 22.9. The smallest absolute Gasteiger partial charge is 0.325 e. The summed E-state index contributed by atoms with van der Waals surface area (Å²) in [5.74, 6) is -0.609. The molecule has 2 atom stereocenters. The van der Waals surface area contributed by atoms with Gasteiger partial charge in [0.1, 0.15) is 0 Å². The molecule has 1 fully saturated rings. The monoisotopic (exact) mass is 364 g/mol. The van der Waals surface area contributed by atoms with E-state index in [4.69, 9.17) is 0 Å². The van der Waals surface area contributed by atoms with Gasteiger partial charge in [-0.05, 0) is 44.5 Å². The van der Waals surface area contributed by atoms with Gasteiger partial charge in [0.25, 0.3) is 0 Å². The van der Waals surface area contributed by atoms with Crippen molar-refractivity contribution in [1.29, 1.82) is 0 Å². The van der Waals surface area contributed by atoms with Crippen LogP contribution >= 0.6 is 15.9 Å². The molecule has 0 radical (unpaired) electrons. The molecule has 1 aromatic rings. The van der Waals surface area contributed by atoms with Gasteiger partial charge in [-0.2, -0.15) is 13.2 Å². The van der Waals surface area contributed by atoms with Gasteiger partial charge in [0, 0.05) is 16.4 Å². The maximum atomic E-state index is 13.0. The summed E-state index contributed by atoms with van der Waals surface area (Å²) in [6.07, 6.45) is -3.24. The first-order chi connectivity index (χ1) is 9.77. The van der Waals surface area contributed by atoms with E-state index >= 15 is 0 Å². The Bertz CT molecular complexity index is 533. The number of hydrogen-bond acceptors (Lipinski definition) is 2. The first kappa shape index (κ1) is 16.3. The lowest BCUT2D eigenvalue weighted by atomic mass is 9.92. The lowest BCUT2D eigenvalue weighted by molar-refractivity contribution is -0.137. The summed E-state index contributed by atoms with van der Waals surface area (Å²) >= 11 is 3.02. The number of benzene rings is 1. The Morgan fingerprint density at radius 2 is 2.14 bits per heavy atom.